The maximum Gasteiger partial charge on any atom is 0.254 e. The average Bonchev–Trinajstić information content (AvgIpc) is 3.22. The summed E-state index contributed by atoms with van der Waals surface area (Å²) in [6.07, 6.45) is -0.165. The highest BCUT2D eigenvalue weighted by Crippen LogP contribution is 2.34. The molecule has 0 unspecified atom stereocenters. The first-order valence-electron chi connectivity index (χ1n) is 9.47. The zero-order valence-electron chi connectivity index (χ0n) is 16.3. The fourth-order valence-corrected chi connectivity index (χ4v) is 3.42. The summed E-state index contributed by atoms with van der Waals surface area (Å²) < 4.78 is 15.7. The van der Waals surface area contributed by atoms with Crippen LogP contribution in [0, 0.1) is 0 Å². The molecular weight excluding hydrogens is 390 g/mol. The van der Waals surface area contributed by atoms with Crippen LogP contribution in [0.3, 0.4) is 0 Å². The Balaban J connectivity index is 1.46. The minimum Gasteiger partial charge on any atom is -0.497 e. The van der Waals surface area contributed by atoms with Crippen molar-refractivity contribution in [1.29, 1.82) is 0 Å². The maximum atomic E-state index is 13.0. The van der Waals surface area contributed by atoms with Crippen molar-refractivity contribution in [3.8, 4) is 17.2 Å². The number of ether oxygens (including phenoxy) is 3. The van der Waals surface area contributed by atoms with Crippen LogP contribution in [0.5, 0.6) is 17.2 Å². The zero-order chi connectivity index (χ0) is 21.1. The van der Waals surface area contributed by atoms with Crippen molar-refractivity contribution in [1.82, 2.24) is 10.2 Å². The number of piperazine rings is 1. The quantitative estimate of drug-likeness (QED) is 0.770. The number of rotatable bonds is 5. The molecule has 3 amide bonds. The number of anilines is 1. The van der Waals surface area contributed by atoms with Crippen molar-refractivity contribution in [2.24, 2.45) is 0 Å². The summed E-state index contributed by atoms with van der Waals surface area (Å²) in [4.78, 5) is 39.4. The van der Waals surface area contributed by atoms with Crippen LogP contribution in [0.1, 0.15) is 16.8 Å². The number of methoxy groups -OCH3 is 1. The molecule has 1 fully saturated rings. The summed E-state index contributed by atoms with van der Waals surface area (Å²) in [7, 11) is 1.54. The van der Waals surface area contributed by atoms with E-state index in [1.807, 2.05) is 0 Å². The van der Waals surface area contributed by atoms with E-state index in [9.17, 15) is 14.4 Å². The summed E-state index contributed by atoms with van der Waals surface area (Å²) in [5, 5.41) is 5.47. The van der Waals surface area contributed by atoms with Crippen molar-refractivity contribution < 1.29 is 28.6 Å². The van der Waals surface area contributed by atoms with Crippen molar-refractivity contribution in [3.63, 3.8) is 0 Å². The molecule has 156 valence electrons. The van der Waals surface area contributed by atoms with Gasteiger partial charge in [-0.15, -0.1) is 0 Å². The third kappa shape index (κ3) is 4.00. The first-order chi connectivity index (χ1) is 14.5. The zero-order valence-corrected chi connectivity index (χ0v) is 16.3. The van der Waals surface area contributed by atoms with Crippen molar-refractivity contribution in [3.05, 3.63) is 48.0 Å². The minimum absolute atomic E-state index is 0.136. The molecule has 9 nitrogen and oxygen atoms in total. The average molecular weight is 411 g/mol. The third-order valence-electron chi connectivity index (χ3n) is 4.96. The molecule has 4 rings (SSSR count). The standard InChI is InChI=1S/C21H21N3O6/c1-28-15-5-2-13(3-6-15)21(27)24-9-8-22-20(26)16(24)11-19(25)23-14-4-7-17-18(10-14)30-12-29-17/h2-7,10,16H,8-9,11-12H2,1H3,(H,22,26)(H,23,25)/t16-/m1/s1. The molecule has 0 radical (unpaired) electrons. The number of hydrogen-bond donors (Lipinski definition) is 2. The molecule has 30 heavy (non-hydrogen) atoms. The van der Waals surface area contributed by atoms with Gasteiger partial charge in [-0.05, 0) is 36.4 Å². The lowest BCUT2D eigenvalue weighted by Crippen LogP contribution is -2.58. The Morgan fingerprint density at radius 2 is 1.93 bits per heavy atom. The summed E-state index contributed by atoms with van der Waals surface area (Å²) in [5.41, 5.74) is 0.945. The molecule has 0 aromatic heterocycles. The molecule has 2 heterocycles. The summed E-state index contributed by atoms with van der Waals surface area (Å²) in [6.45, 7) is 0.789. The second-order valence-electron chi connectivity index (χ2n) is 6.85. The lowest BCUT2D eigenvalue weighted by molar-refractivity contribution is -0.131. The second kappa shape index (κ2) is 8.32. The molecule has 2 aromatic carbocycles. The number of amides is 3. The number of carbonyl (C=O) groups is 3. The van der Waals surface area contributed by atoms with E-state index < -0.39 is 6.04 Å². The van der Waals surface area contributed by atoms with Crippen molar-refractivity contribution >= 4 is 23.4 Å². The molecule has 1 saturated heterocycles. The first-order valence-corrected chi connectivity index (χ1v) is 9.47. The molecule has 0 saturated carbocycles. The van der Waals surface area contributed by atoms with E-state index in [1.165, 1.54) is 4.90 Å². The van der Waals surface area contributed by atoms with E-state index in [4.69, 9.17) is 14.2 Å². The highest BCUT2D eigenvalue weighted by Gasteiger charge is 2.35. The molecule has 1 atom stereocenters. The molecule has 9 heteroatoms. The topological polar surface area (TPSA) is 106 Å². The van der Waals surface area contributed by atoms with E-state index in [0.717, 1.165) is 0 Å². The fourth-order valence-electron chi connectivity index (χ4n) is 3.42. The number of nitrogens with zero attached hydrogens (tertiary/aromatic N) is 1. The van der Waals surface area contributed by atoms with Crippen molar-refractivity contribution in [2.75, 3.05) is 32.3 Å². The first kappa shape index (κ1) is 19.6. The minimum atomic E-state index is -0.901. The van der Waals surface area contributed by atoms with Crippen LogP contribution in [0.25, 0.3) is 0 Å². The summed E-state index contributed by atoms with van der Waals surface area (Å²) in [6, 6.07) is 10.8. The van der Waals surface area contributed by atoms with Gasteiger partial charge in [0.1, 0.15) is 11.8 Å². The predicted molar refractivity (Wildman–Crippen MR) is 107 cm³/mol. The highest BCUT2D eigenvalue weighted by molar-refractivity contribution is 6.01. The van der Waals surface area contributed by atoms with E-state index in [1.54, 1.807) is 49.6 Å². The van der Waals surface area contributed by atoms with Gasteiger partial charge in [0.15, 0.2) is 11.5 Å². The van der Waals surface area contributed by atoms with Gasteiger partial charge in [0, 0.05) is 30.4 Å². The molecule has 0 spiro atoms. The van der Waals surface area contributed by atoms with Crippen LogP contribution in [0.4, 0.5) is 5.69 Å². The maximum absolute atomic E-state index is 13.0. The molecule has 2 aliphatic rings. The Morgan fingerprint density at radius 3 is 2.70 bits per heavy atom. The third-order valence-corrected chi connectivity index (χ3v) is 4.96. The Labute approximate surface area is 172 Å². The SMILES string of the molecule is COc1ccc(C(=O)N2CCNC(=O)[C@H]2CC(=O)Nc2ccc3c(c2)OCO3)cc1. The molecule has 0 aliphatic carbocycles. The molecule has 0 bridgehead atoms. The van der Waals surface area contributed by atoms with E-state index in [2.05, 4.69) is 10.6 Å². The van der Waals surface area contributed by atoms with Gasteiger partial charge in [-0.3, -0.25) is 14.4 Å². The number of benzene rings is 2. The van der Waals surface area contributed by atoms with Crippen molar-refractivity contribution in [2.45, 2.75) is 12.5 Å². The summed E-state index contributed by atoms with van der Waals surface area (Å²) >= 11 is 0. The van der Waals surface area contributed by atoms with Gasteiger partial charge in [0.25, 0.3) is 5.91 Å². The van der Waals surface area contributed by atoms with Crippen LogP contribution in [0.15, 0.2) is 42.5 Å². The molecule has 2 N–H and O–H groups in total. The van der Waals surface area contributed by atoms with Gasteiger partial charge in [-0.2, -0.15) is 0 Å². The molecule has 2 aliphatic heterocycles. The van der Waals surface area contributed by atoms with Gasteiger partial charge < -0.3 is 29.7 Å². The Morgan fingerprint density at radius 1 is 1.17 bits per heavy atom. The van der Waals surface area contributed by atoms with Crippen LogP contribution < -0.4 is 24.8 Å². The Hall–Kier alpha value is -3.75. The Kier molecular flexibility index (Phi) is 5.42. The van der Waals surface area contributed by atoms with E-state index in [-0.39, 0.29) is 30.9 Å². The Bertz CT molecular complexity index is 975. The number of hydrogen-bond acceptors (Lipinski definition) is 6. The van der Waals surface area contributed by atoms with Crippen LogP contribution in [-0.2, 0) is 9.59 Å². The van der Waals surface area contributed by atoms with Gasteiger partial charge in [0.05, 0.1) is 13.5 Å². The lowest BCUT2D eigenvalue weighted by atomic mass is 10.1. The van der Waals surface area contributed by atoms with E-state index >= 15 is 0 Å². The largest absolute Gasteiger partial charge is 0.497 e. The second-order valence-corrected chi connectivity index (χ2v) is 6.85. The van der Waals surface area contributed by atoms with Crippen LogP contribution >= 0.6 is 0 Å². The monoisotopic (exact) mass is 411 g/mol. The normalized spacial score (nSPS) is 17.3. The van der Waals surface area contributed by atoms with Gasteiger partial charge in [-0.1, -0.05) is 0 Å². The fraction of sp³-hybridized carbons (Fsp3) is 0.286. The van der Waals surface area contributed by atoms with Gasteiger partial charge in [0.2, 0.25) is 18.6 Å². The number of carbonyl (C=O) groups excluding carboxylic acids is 3. The van der Waals surface area contributed by atoms with Crippen LogP contribution in [-0.4, -0.2) is 55.7 Å². The molecule has 2 aromatic rings. The van der Waals surface area contributed by atoms with Gasteiger partial charge >= 0.3 is 0 Å². The highest BCUT2D eigenvalue weighted by atomic mass is 16.7. The lowest BCUT2D eigenvalue weighted by Gasteiger charge is -2.34. The van der Waals surface area contributed by atoms with Crippen LogP contribution in [0.2, 0.25) is 0 Å². The predicted octanol–water partition coefficient (Wildman–Crippen LogP) is 1.39. The molecular formula is C21H21N3O6. The number of fused-ring (bicyclic) bond motifs is 1. The van der Waals surface area contributed by atoms with E-state index in [0.29, 0.717) is 41.6 Å². The summed E-state index contributed by atoms with van der Waals surface area (Å²) in [5.74, 6) is 0.721. The number of nitrogens with one attached hydrogen (secondary N) is 2. The smallest absolute Gasteiger partial charge is 0.254 e. The van der Waals surface area contributed by atoms with Gasteiger partial charge in [-0.25, -0.2) is 0 Å².